The van der Waals surface area contributed by atoms with E-state index < -0.39 is 0 Å². The van der Waals surface area contributed by atoms with Crippen molar-refractivity contribution in [3.63, 3.8) is 0 Å². The van der Waals surface area contributed by atoms with Crippen molar-refractivity contribution in [2.24, 2.45) is 4.99 Å². The SMILES string of the molecule is Oc1c(C=C2C=Nc3ncccc32)nc(Oc2ccccc2)n1-c1ccccc1. The molecule has 0 aliphatic carbocycles. The fraction of sp³-hybridized carbons (Fsp3) is 0. The molecule has 2 aromatic heterocycles. The summed E-state index contributed by atoms with van der Waals surface area (Å²) in [7, 11) is 0. The van der Waals surface area contributed by atoms with Crippen LogP contribution in [0, 0.1) is 0 Å². The van der Waals surface area contributed by atoms with E-state index in [2.05, 4.69) is 15.0 Å². The molecule has 6 heteroatoms. The first-order valence-electron chi connectivity index (χ1n) is 9.11. The second kappa shape index (κ2) is 7.09. The van der Waals surface area contributed by atoms with E-state index in [0.717, 1.165) is 16.8 Å². The van der Waals surface area contributed by atoms with Crippen molar-refractivity contribution in [3.8, 4) is 23.3 Å². The van der Waals surface area contributed by atoms with Crippen LogP contribution in [0.5, 0.6) is 17.6 Å². The van der Waals surface area contributed by atoms with Gasteiger partial charge < -0.3 is 9.84 Å². The number of ether oxygens (including phenoxy) is 1. The number of nitrogens with zero attached hydrogens (tertiary/aromatic N) is 4. The molecule has 0 saturated carbocycles. The van der Waals surface area contributed by atoms with E-state index in [1.807, 2.05) is 72.8 Å². The molecular weight excluding hydrogens is 364 g/mol. The number of hydrogen-bond donors (Lipinski definition) is 1. The van der Waals surface area contributed by atoms with Crippen LogP contribution in [0.3, 0.4) is 0 Å². The molecule has 0 spiro atoms. The molecule has 1 N–H and O–H groups in total. The Labute approximate surface area is 167 Å². The van der Waals surface area contributed by atoms with Crippen LogP contribution in [-0.2, 0) is 0 Å². The van der Waals surface area contributed by atoms with E-state index in [4.69, 9.17) is 4.74 Å². The van der Waals surface area contributed by atoms with E-state index in [-0.39, 0.29) is 11.9 Å². The summed E-state index contributed by atoms with van der Waals surface area (Å²) in [5.41, 5.74) is 2.85. The molecule has 140 valence electrons. The molecule has 6 nitrogen and oxygen atoms in total. The van der Waals surface area contributed by atoms with Crippen molar-refractivity contribution in [1.82, 2.24) is 14.5 Å². The van der Waals surface area contributed by atoms with E-state index in [9.17, 15) is 5.11 Å². The van der Waals surface area contributed by atoms with E-state index >= 15 is 0 Å². The van der Waals surface area contributed by atoms with Crippen molar-refractivity contribution < 1.29 is 9.84 Å². The van der Waals surface area contributed by atoms with Crippen LogP contribution in [0.4, 0.5) is 5.82 Å². The summed E-state index contributed by atoms with van der Waals surface area (Å²) in [4.78, 5) is 13.1. The topological polar surface area (TPSA) is 72.5 Å². The maximum atomic E-state index is 11.0. The number of pyridine rings is 1. The summed E-state index contributed by atoms with van der Waals surface area (Å²) in [5, 5.41) is 11.0. The number of para-hydroxylation sites is 2. The first-order valence-corrected chi connectivity index (χ1v) is 9.11. The first-order chi connectivity index (χ1) is 14.3. The van der Waals surface area contributed by atoms with Crippen LogP contribution in [-0.4, -0.2) is 25.9 Å². The second-order valence-electron chi connectivity index (χ2n) is 6.42. The van der Waals surface area contributed by atoms with Gasteiger partial charge >= 0.3 is 6.01 Å². The monoisotopic (exact) mass is 380 g/mol. The Bertz CT molecular complexity index is 1230. The highest BCUT2D eigenvalue weighted by atomic mass is 16.5. The van der Waals surface area contributed by atoms with Crippen LogP contribution >= 0.6 is 0 Å². The van der Waals surface area contributed by atoms with Crippen LogP contribution in [0.2, 0.25) is 0 Å². The number of aromatic hydroxyl groups is 1. The molecule has 0 radical (unpaired) electrons. The normalized spacial score (nSPS) is 13.6. The number of hydrogen-bond acceptors (Lipinski definition) is 5. The predicted octanol–water partition coefficient (Wildman–Crippen LogP) is 5.02. The average Bonchev–Trinajstić information content (AvgIpc) is 3.31. The summed E-state index contributed by atoms with van der Waals surface area (Å²) in [6.07, 6.45) is 5.20. The van der Waals surface area contributed by atoms with Crippen LogP contribution in [0.25, 0.3) is 17.3 Å². The second-order valence-corrected chi connectivity index (χ2v) is 6.42. The number of benzene rings is 2. The van der Waals surface area contributed by atoms with E-state index in [1.54, 1.807) is 23.1 Å². The van der Waals surface area contributed by atoms with Crippen molar-refractivity contribution in [2.75, 3.05) is 0 Å². The molecule has 0 unspecified atom stereocenters. The quantitative estimate of drug-likeness (QED) is 0.539. The van der Waals surface area contributed by atoms with Crippen molar-refractivity contribution in [1.29, 1.82) is 0 Å². The Morgan fingerprint density at radius 3 is 2.45 bits per heavy atom. The van der Waals surface area contributed by atoms with Crippen LogP contribution < -0.4 is 4.74 Å². The number of imidazole rings is 1. The summed E-state index contributed by atoms with van der Waals surface area (Å²) in [6.45, 7) is 0. The molecule has 2 aromatic carbocycles. The summed E-state index contributed by atoms with van der Waals surface area (Å²) in [5.74, 6) is 1.27. The molecule has 0 bridgehead atoms. The molecule has 0 amide bonds. The molecule has 4 aromatic rings. The minimum atomic E-state index is -0.0135. The fourth-order valence-corrected chi connectivity index (χ4v) is 3.16. The lowest BCUT2D eigenvalue weighted by molar-refractivity contribution is 0.403. The first kappa shape index (κ1) is 16.9. The average molecular weight is 380 g/mol. The van der Waals surface area contributed by atoms with Crippen molar-refractivity contribution in [3.05, 3.63) is 90.3 Å². The predicted molar refractivity (Wildman–Crippen MR) is 112 cm³/mol. The highest BCUT2D eigenvalue weighted by Gasteiger charge is 2.21. The Hall–Kier alpha value is -4.19. The number of aromatic nitrogens is 3. The highest BCUT2D eigenvalue weighted by molar-refractivity contribution is 6.20. The third kappa shape index (κ3) is 3.17. The van der Waals surface area contributed by atoms with Gasteiger partial charge in [0.1, 0.15) is 11.4 Å². The zero-order valence-corrected chi connectivity index (χ0v) is 15.3. The molecule has 5 rings (SSSR count). The zero-order chi connectivity index (χ0) is 19.6. The van der Waals surface area contributed by atoms with Crippen molar-refractivity contribution in [2.45, 2.75) is 0 Å². The van der Waals surface area contributed by atoms with Crippen LogP contribution in [0.1, 0.15) is 11.3 Å². The molecular formula is C23H16N4O2. The minimum absolute atomic E-state index is 0.0135. The van der Waals surface area contributed by atoms with Gasteiger partial charge in [0.05, 0.1) is 5.69 Å². The van der Waals surface area contributed by atoms with Gasteiger partial charge in [-0.15, -0.1) is 0 Å². The Balaban J connectivity index is 1.62. The molecule has 1 aliphatic heterocycles. The van der Waals surface area contributed by atoms with Gasteiger partial charge in [0.25, 0.3) is 0 Å². The van der Waals surface area contributed by atoms with E-state index in [1.165, 1.54) is 0 Å². The highest BCUT2D eigenvalue weighted by Crippen LogP contribution is 2.36. The number of aliphatic imine (C=N–C) groups is 1. The van der Waals surface area contributed by atoms with Gasteiger partial charge in [-0.05, 0) is 42.5 Å². The molecule has 0 saturated heterocycles. The Kier molecular flexibility index (Phi) is 4.14. The van der Waals surface area contributed by atoms with E-state index in [0.29, 0.717) is 17.3 Å². The van der Waals surface area contributed by atoms with Gasteiger partial charge in [0.2, 0.25) is 5.88 Å². The lowest BCUT2D eigenvalue weighted by atomic mass is 10.1. The lowest BCUT2D eigenvalue weighted by Gasteiger charge is -2.09. The maximum Gasteiger partial charge on any atom is 0.310 e. The third-order valence-electron chi connectivity index (χ3n) is 4.53. The number of fused-ring (bicyclic) bond motifs is 1. The van der Waals surface area contributed by atoms with Gasteiger partial charge in [-0.3, -0.25) is 0 Å². The summed E-state index contributed by atoms with van der Waals surface area (Å²) >= 11 is 0. The Morgan fingerprint density at radius 1 is 0.897 bits per heavy atom. The van der Waals surface area contributed by atoms with Gasteiger partial charge in [-0.1, -0.05) is 36.4 Å². The minimum Gasteiger partial charge on any atom is -0.493 e. The molecule has 1 aliphatic rings. The molecule has 0 atom stereocenters. The molecule has 3 heterocycles. The number of rotatable bonds is 4. The third-order valence-corrected chi connectivity index (χ3v) is 4.53. The summed E-state index contributed by atoms with van der Waals surface area (Å²) in [6, 6.07) is 22.9. The number of allylic oxidation sites excluding steroid dienone is 1. The summed E-state index contributed by atoms with van der Waals surface area (Å²) < 4.78 is 7.55. The van der Waals surface area contributed by atoms with Gasteiger partial charge in [0, 0.05) is 23.5 Å². The van der Waals surface area contributed by atoms with Crippen LogP contribution in [0.15, 0.2) is 84.0 Å². The van der Waals surface area contributed by atoms with Gasteiger partial charge in [0.15, 0.2) is 5.82 Å². The lowest BCUT2D eigenvalue weighted by Crippen LogP contribution is -1.97. The smallest absolute Gasteiger partial charge is 0.310 e. The fourth-order valence-electron chi connectivity index (χ4n) is 3.16. The molecule has 0 fully saturated rings. The molecule has 29 heavy (non-hydrogen) atoms. The standard InChI is InChI=1S/C23H16N4O2/c28-22-20(14-16-15-25-21-19(16)12-7-13-24-21)26-23(29-18-10-5-2-6-11-18)27(22)17-8-3-1-4-9-17/h1-15,28H. The zero-order valence-electron chi connectivity index (χ0n) is 15.3. The Morgan fingerprint density at radius 2 is 1.66 bits per heavy atom. The van der Waals surface area contributed by atoms with Crippen molar-refractivity contribution >= 4 is 23.7 Å². The van der Waals surface area contributed by atoms with Gasteiger partial charge in [-0.25, -0.2) is 14.5 Å². The van der Waals surface area contributed by atoms with Gasteiger partial charge in [-0.2, -0.15) is 4.98 Å². The largest absolute Gasteiger partial charge is 0.493 e. The maximum absolute atomic E-state index is 11.0.